The van der Waals surface area contributed by atoms with Crippen LogP contribution in [0, 0.1) is 5.92 Å². The third-order valence-corrected chi connectivity index (χ3v) is 3.48. The van der Waals surface area contributed by atoms with Crippen molar-refractivity contribution in [3.05, 3.63) is 11.6 Å². The van der Waals surface area contributed by atoms with Crippen molar-refractivity contribution in [1.82, 2.24) is 10.2 Å². The maximum absolute atomic E-state index is 3.44. The van der Waals surface area contributed by atoms with Gasteiger partial charge in [0.25, 0.3) is 0 Å². The Hall–Kier alpha value is -0.340. The van der Waals surface area contributed by atoms with Crippen LogP contribution in [0.15, 0.2) is 11.6 Å². The smallest absolute Gasteiger partial charge is 0.0193 e. The highest BCUT2D eigenvalue weighted by Gasteiger charge is 2.21. The highest BCUT2D eigenvalue weighted by molar-refractivity contribution is 5.05. The summed E-state index contributed by atoms with van der Waals surface area (Å²) in [6.07, 6.45) is 3.60. The van der Waals surface area contributed by atoms with Crippen molar-refractivity contribution in [3.63, 3.8) is 0 Å². The predicted octanol–water partition coefficient (Wildman–Crippen LogP) is 2.27. The van der Waals surface area contributed by atoms with E-state index in [1.165, 1.54) is 18.5 Å². The van der Waals surface area contributed by atoms with Crippen LogP contribution in [-0.2, 0) is 0 Å². The minimum atomic E-state index is 0.688. The van der Waals surface area contributed by atoms with E-state index in [1.54, 1.807) is 0 Å². The van der Waals surface area contributed by atoms with Crippen LogP contribution in [0.5, 0.6) is 0 Å². The van der Waals surface area contributed by atoms with Crippen LogP contribution in [-0.4, -0.2) is 37.1 Å². The molecule has 0 spiro atoms. The molecule has 1 aliphatic rings. The van der Waals surface area contributed by atoms with Crippen LogP contribution in [0.3, 0.4) is 0 Å². The molecule has 2 nitrogen and oxygen atoms in total. The van der Waals surface area contributed by atoms with Crippen molar-refractivity contribution in [1.29, 1.82) is 0 Å². The van der Waals surface area contributed by atoms with Gasteiger partial charge in [0.2, 0.25) is 0 Å². The van der Waals surface area contributed by atoms with Crippen LogP contribution < -0.4 is 5.32 Å². The zero-order valence-corrected chi connectivity index (χ0v) is 10.7. The molecule has 15 heavy (non-hydrogen) atoms. The normalized spacial score (nSPS) is 22.3. The van der Waals surface area contributed by atoms with E-state index < -0.39 is 0 Å². The average Bonchev–Trinajstić information content (AvgIpc) is 2.24. The van der Waals surface area contributed by atoms with Gasteiger partial charge in [0.1, 0.15) is 0 Å². The fourth-order valence-electron chi connectivity index (χ4n) is 2.19. The second-order valence-corrected chi connectivity index (χ2v) is 4.84. The van der Waals surface area contributed by atoms with E-state index in [9.17, 15) is 0 Å². The second kappa shape index (κ2) is 6.29. The maximum atomic E-state index is 3.44. The van der Waals surface area contributed by atoms with Gasteiger partial charge in [-0.15, -0.1) is 0 Å². The molecule has 0 saturated heterocycles. The SMILES string of the molecule is CCNCC(C)C(C)N1CCC=C(C)C1. The molecule has 1 rings (SSSR count). The van der Waals surface area contributed by atoms with Crippen LogP contribution >= 0.6 is 0 Å². The molecular formula is C13H26N2. The number of rotatable bonds is 5. The summed E-state index contributed by atoms with van der Waals surface area (Å²) in [5.74, 6) is 0.732. The van der Waals surface area contributed by atoms with Crippen LogP contribution in [0.1, 0.15) is 34.1 Å². The summed E-state index contributed by atoms with van der Waals surface area (Å²) in [5.41, 5.74) is 1.53. The number of hydrogen-bond donors (Lipinski definition) is 1. The van der Waals surface area contributed by atoms with E-state index in [4.69, 9.17) is 0 Å². The molecule has 88 valence electrons. The number of nitrogens with zero attached hydrogens (tertiary/aromatic N) is 1. The van der Waals surface area contributed by atoms with E-state index in [0.717, 1.165) is 25.6 Å². The maximum Gasteiger partial charge on any atom is 0.0193 e. The van der Waals surface area contributed by atoms with E-state index >= 15 is 0 Å². The molecule has 0 fully saturated rings. The third kappa shape index (κ3) is 3.96. The lowest BCUT2D eigenvalue weighted by Gasteiger charge is -2.35. The lowest BCUT2D eigenvalue weighted by molar-refractivity contribution is 0.169. The standard InChI is InChI=1S/C13H26N2/c1-5-14-9-12(3)13(4)15-8-6-7-11(2)10-15/h7,12-14H,5-6,8-10H2,1-4H3. The first-order valence-corrected chi connectivity index (χ1v) is 6.25. The molecule has 0 amide bonds. The molecule has 0 aromatic rings. The molecule has 2 atom stereocenters. The van der Waals surface area contributed by atoms with Gasteiger partial charge in [0.15, 0.2) is 0 Å². The van der Waals surface area contributed by atoms with Gasteiger partial charge in [-0.25, -0.2) is 0 Å². The predicted molar refractivity (Wildman–Crippen MR) is 67.1 cm³/mol. The fraction of sp³-hybridized carbons (Fsp3) is 0.846. The summed E-state index contributed by atoms with van der Waals surface area (Å²) < 4.78 is 0. The Kier molecular flexibility index (Phi) is 5.34. The van der Waals surface area contributed by atoms with Gasteiger partial charge in [-0.3, -0.25) is 4.90 Å². The van der Waals surface area contributed by atoms with Gasteiger partial charge >= 0.3 is 0 Å². The molecule has 0 radical (unpaired) electrons. The Morgan fingerprint density at radius 2 is 2.20 bits per heavy atom. The van der Waals surface area contributed by atoms with Gasteiger partial charge in [0.05, 0.1) is 0 Å². The Labute approximate surface area is 94.7 Å². The van der Waals surface area contributed by atoms with E-state index in [2.05, 4.69) is 44.0 Å². The Morgan fingerprint density at radius 1 is 1.47 bits per heavy atom. The quantitative estimate of drug-likeness (QED) is 0.700. The third-order valence-electron chi connectivity index (χ3n) is 3.48. The highest BCUT2D eigenvalue weighted by atomic mass is 15.2. The molecule has 2 unspecified atom stereocenters. The molecule has 1 heterocycles. The molecule has 1 aliphatic heterocycles. The summed E-state index contributed by atoms with van der Waals surface area (Å²) >= 11 is 0. The van der Waals surface area contributed by atoms with Gasteiger partial charge < -0.3 is 5.32 Å². The van der Waals surface area contributed by atoms with Crippen molar-refractivity contribution in [2.75, 3.05) is 26.2 Å². The van der Waals surface area contributed by atoms with Crippen LogP contribution in [0.2, 0.25) is 0 Å². The first-order chi connectivity index (χ1) is 7.15. The summed E-state index contributed by atoms with van der Waals surface area (Å²) in [6, 6.07) is 0.688. The van der Waals surface area contributed by atoms with Gasteiger partial charge in [-0.1, -0.05) is 25.5 Å². The molecule has 0 aliphatic carbocycles. The van der Waals surface area contributed by atoms with Crippen molar-refractivity contribution in [3.8, 4) is 0 Å². The molecule has 0 saturated carbocycles. The Balaban J connectivity index is 2.38. The van der Waals surface area contributed by atoms with Crippen molar-refractivity contribution in [2.24, 2.45) is 5.92 Å². The number of nitrogens with one attached hydrogen (secondary N) is 1. The zero-order chi connectivity index (χ0) is 11.3. The molecule has 1 N–H and O–H groups in total. The minimum absolute atomic E-state index is 0.688. The van der Waals surface area contributed by atoms with Crippen LogP contribution in [0.4, 0.5) is 0 Å². The first kappa shape index (κ1) is 12.7. The minimum Gasteiger partial charge on any atom is -0.317 e. The monoisotopic (exact) mass is 210 g/mol. The Bertz CT molecular complexity index is 211. The van der Waals surface area contributed by atoms with Gasteiger partial charge in [-0.2, -0.15) is 0 Å². The first-order valence-electron chi connectivity index (χ1n) is 6.25. The molecule has 2 heteroatoms. The summed E-state index contributed by atoms with van der Waals surface area (Å²) in [4.78, 5) is 2.61. The summed E-state index contributed by atoms with van der Waals surface area (Å²) in [5, 5.41) is 3.44. The number of hydrogen-bond acceptors (Lipinski definition) is 2. The van der Waals surface area contributed by atoms with E-state index in [0.29, 0.717) is 6.04 Å². The largest absolute Gasteiger partial charge is 0.317 e. The average molecular weight is 210 g/mol. The van der Waals surface area contributed by atoms with E-state index in [-0.39, 0.29) is 0 Å². The molecule has 0 aromatic heterocycles. The van der Waals surface area contributed by atoms with Crippen molar-refractivity contribution >= 4 is 0 Å². The van der Waals surface area contributed by atoms with Crippen LogP contribution in [0.25, 0.3) is 0 Å². The zero-order valence-electron chi connectivity index (χ0n) is 10.7. The molecule has 0 aromatic carbocycles. The van der Waals surface area contributed by atoms with Gasteiger partial charge in [0, 0.05) is 19.1 Å². The molecule has 0 bridgehead atoms. The second-order valence-electron chi connectivity index (χ2n) is 4.84. The molecular weight excluding hydrogens is 184 g/mol. The van der Waals surface area contributed by atoms with Crippen molar-refractivity contribution in [2.45, 2.75) is 40.2 Å². The highest BCUT2D eigenvalue weighted by Crippen LogP contribution is 2.16. The lowest BCUT2D eigenvalue weighted by Crippen LogP contribution is -2.43. The topological polar surface area (TPSA) is 15.3 Å². The Morgan fingerprint density at radius 3 is 2.80 bits per heavy atom. The summed E-state index contributed by atoms with van der Waals surface area (Å²) in [7, 11) is 0. The van der Waals surface area contributed by atoms with E-state index in [1.807, 2.05) is 0 Å². The lowest BCUT2D eigenvalue weighted by atomic mass is 9.99. The van der Waals surface area contributed by atoms with Crippen molar-refractivity contribution < 1.29 is 0 Å². The summed E-state index contributed by atoms with van der Waals surface area (Å²) in [6.45, 7) is 13.7. The van der Waals surface area contributed by atoms with Gasteiger partial charge in [-0.05, 0) is 39.3 Å². The fourth-order valence-corrected chi connectivity index (χ4v) is 2.19.